The van der Waals surface area contributed by atoms with E-state index in [0.29, 0.717) is 23.1 Å². The van der Waals surface area contributed by atoms with Crippen molar-refractivity contribution in [3.8, 4) is 0 Å². The van der Waals surface area contributed by atoms with Crippen LogP contribution in [0.2, 0.25) is 10.0 Å². The van der Waals surface area contributed by atoms with Crippen molar-refractivity contribution in [3.05, 3.63) is 51.8 Å². The second-order valence-corrected chi connectivity index (χ2v) is 7.16. The second kappa shape index (κ2) is 8.41. The molecular formula is C17H21Cl3N4O. The van der Waals surface area contributed by atoms with Gasteiger partial charge < -0.3 is 10.2 Å². The predicted octanol–water partition coefficient (Wildman–Crippen LogP) is 3.11. The van der Waals surface area contributed by atoms with E-state index in [-0.39, 0.29) is 30.2 Å². The Morgan fingerprint density at radius 2 is 2.00 bits per heavy atom. The van der Waals surface area contributed by atoms with Gasteiger partial charge in [0.05, 0.1) is 12.1 Å². The van der Waals surface area contributed by atoms with Crippen LogP contribution in [0, 0.1) is 5.92 Å². The molecule has 8 heteroatoms. The van der Waals surface area contributed by atoms with Gasteiger partial charge in [-0.05, 0) is 29.3 Å². The predicted molar refractivity (Wildman–Crippen MR) is 102 cm³/mol. The van der Waals surface area contributed by atoms with Gasteiger partial charge in [-0.1, -0.05) is 23.2 Å². The molecule has 136 valence electrons. The third-order valence-electron chi connectivity index (χ3n) is 4.40. The molecule has 1 amide bonds. The van der Waals surface area contributed by atoms with E-state index in [1.165, 1.54) is 0 Å². The van der Waals surface area contributed by atoms with Crippen molar-refractivity contribution in [2.45, 2.75) is 12.5 Å². The zero-order chi connectivity index (χ0) is 17.3. The SMILES string of the molecule is CN(Cc1cc(Cl)cc(Cl)c1)C(=O)[C@H]1CNC[C@@H]1c1cnn(C)c1.Cl. The Bertz CT molecular complexity index is 729. The molecule has 1 saturated heterocycles. The number of halogens is 3. The van der Waals surface area contributed by atoms with Gasteiger partial charge in [-0.2, -0.15) is 5.10 Å². The summed E-state index contributed by atoms with van der Waals surface area (Å²) >= 11 is 12.1. The molecule has 0 radical (unpaired) electrons. The third-order valence-corrected chi connectivity index (χ3v) is 4.84. The molecule has 2 aromatic rings. The van der Waals surface area contributed by atoms with E-state index in [0.717, 1.165) is 17.7 Å². The van der Waals surface area contributed by atoms with Crippen LogP contribution in [-0.2, 0) is 18.4 Å². The molecule has 0 unspecified atom stereocenters. The molecule has 1 N–H and O–H groups in total. The summed E-state index contributed by atoms with van der Waals surface area (Å²) in [5.41, 5.74) is 2.02. The number of carbonyl (C=O) groups is 1. The molecule has 1 aliphatic rings. The summed E-state index contributed by atoms with van der Waals surface area (Å²) in [6.45, 7) is 1.95. The lowest BCUT2D eigenvalue weighted by molar-refractivity contribution is -0.134. The number of hydrogen-bond acceptors (Lipinski definition) is 3. The summed E-state index contributed by atoms with van der Waals surface area (Å²) in [5, 5.41) is 8.70. The molecule has 1 fully saturated rings. The topological polar surface area (TPSA) is 50.2 Å². The first-order valence-corrected chi connectivity index (χ1v) is 8.59. The molecule has 2 heterocycles. The number of nitrogens with one attached hydrogen (secondary N) is 1. The van der Waals surface area contributed by atoms with Crippen LogP contribution < -0.4 is 5.32 Å². The Hall–Kier alpha value is -1.27. The van der Waals surface area contributed by atoms with Crippen LogP contribution in [0.15, 0.2) is 30.6 Å². The van der Waals surface area contributed by atoms with Crippen molar-refractivity contribution in [2.75, 3.05) is 20.1 Å². The highest BCUT2D eigenvalue weighted by Gasteiger charge is 2.36. The molecule has 1 aromatic carbocycles. The van der Waals surface area contributed by atoms with E-state index in [9.17, 15) is 4.79 Å². The Balaban J connectivity index is 0.00000225. The first-order chi connectivity index (χ1) is 11.4. The summed E-state index contributed by atoms with van der Waals surface area (Å²) in [4.78, 5) is 14.6. The molecule has 1 aliphatic heterocycles. The van der Waals surface area contributed by atoms with Gasteiger partial charge in [0.25, 0.3) is 0 Å². The molecule has 3 rings (SSSR count). The van der Waals surface area contributed by atoms with Crippen LogP contribution in [-0.4, -0.2) is 40.7 Å². The number of aromatic nitrogens is 2. The normalized spacial score (nSPS) is 19.5. The minimum Gasteiger partial charge on any atom is -0.341 e. The van der Waals surface area contributed by atoms with Gasteiger partial charge in [0.2, 0.25) is 5.91 Å². The van der Waals surface area contributed by atoms with E-state index in [4.69, 9.17) is 23.2 Å². The Labute approximate surface area is 163 Å². The summed E-state index contributed by atoms with van der Waals surface area (Å²) in [6, 6.07) is 5.36. The maximum atomic E-state index is 12.9. The average Bonchev–Trinajstić information content (AvgIpc) is 3.13. The van der Waals surface area contributed by atoms with E-state index in [2.05, 4.69) is 10.4 Å². The number of carbonyl (C=O) groups excluding carboxylic acids is 1. The molecule has 0 saturated carbocycles. The van der Waals surface area contributed by atoms with Crippen molar-refractivity contribution in [3.63, 3.8) is 0 Å². The van der Waals surface area contributed by atoms with Gasteiger partial charge in [0, 0.05) is 55.9 Å². The Morgan fingerprint density at radius 3 is 2.60 bits per heavy atom. The summed E-state index contributed by atoms with van der Waals surface area (Å²) < 4.78 is 1.77. The van der Waals surface area contributed by atoms with Gasteiger partial charge in [-0.25, -0.2) is 0 Å². The van der Waals surface area contributed by atoms with Crippen LogP contribution in [0.25, 0.3) is 0 Å². The van der Waals surface area contributed by atoms with E-state index < -0.39 is 0 Å². The maximum Gasteiger partial charge on any atom is 0.227 e. The molecule has 0 spiro atoms. The van der Waals surface area contributed by atoms with Crippen molar-refractivity contribution in [2.24, 2.45) is 13.0 Å². The monoisotopic (exact) mass is 402 g/mol. The molecule has 0 aliphatic carbocycles. The molecule has 2 atom stereocenters. The fraction of sp³-hybridized carbons (Fsp3) is 0.412. The molecular weight excluding hydrogens is 383 g/mol. The number of benzene rings is 1. The number of aryl methyl sites for hydroxylation is 1. The summed E-state index contributed by atoms with van der Waals surface area (Å²) in [7, 11) is 3.70. The van der Waals surface area contributed by atoms with Crippen molar-refractivity contribution >= 4 is 41.5 Å². The van der Waals surface area contributed by atoms with Gasteiger partial charge in [-0.15, -0.1) is 12.4 Å². The van der Waals surface area contributed by atoms with Gasteiger partial charge in [0.15, 0.2) is 0 Å². The lowest BCUT2D eigenvalue weighted by Crippen LogP contribution is -2.35. The zero-order valence-corrected chi connectivity index (χ0v) is 16.4. The average molecular weight is 404 g/mol. The van der Waals surface area contributed by atoms with Crippen LogP contribution >= 0.6 is 35.6 Å². The van der Waals surface area contributed by atoms with Crippen LogP contribution in [0.4, 0.5) is 0 Å². The lowest BCUT2D eigenvalue weighted by Gasteiger charge is -2.24. The fourth-order valence-corrected chi connectivity index (χ4v) is 3.83. The highest BCUT2D eigenvalue weighted by molar-refractivity contribution is 6.34. The van der Waals surface area contributed by atoms with Crippen molar-refractivity contribution in [1.29, 1.82) is 0 Å². The first kappa shape index (κ1) is 20.0. The quantitative estimate of drug-likeness (QED) is 0.853. The highest BCUT2D eigenvalue weighted by atomic mass is 35.5. The molecule has 25 heavy (non-hydrogen) atoms. The fourth-order valence-electron chi connectivity index (χ4n) is 3.26. The molecule has 1 aromatic heterocycles. The van der Waals surface area contributed by atoms with E-state index >= 15 is 0 Å². The Morgan fingerprint density at radius 1 is 1.32 bits per heavy atom. The standard InChI is InChI=1S/C17H20Cl2N4O.ClH/c1-22(9-11-3-13(18)5-14(19)4-11)17(24)16-8-20-7-15(16)12-6-21-23(2)10-12;/h3-6,10,15-16,20H,7-9H2,1-2H3;1H/t15-,16+;/m1./s1. The van der Waals surface area contributed by atoms with Gasteiger partial charge in [-0.3, -0.25) is 9.48 Å². The minimum absolute atomic E-state index is 0. The number of rotatable bonds is 4. The lowest BCUT2D eigenvalue weighted by atomic mass is 9.90. The van der Waals surface area contributed by atoms with Crippen LogP contribution in [0.5, 0.6) is 0 Å². The van der Waals surface area contributed by atoms with Crippen molar-refractivity contribution in [1.82, 2.24) is 20.0 Å². The van der Waals surface area contributed by atoms with Crippen LogP contribution in [0.1, 0.15) is 17.0 Å². The summed E-state index contributed by atoms with van der Waals surface area (Å²) in [6.07, 6.45) is 3.82. The van der Waals surface area contributed by atoms with Gasteiger partial charge >= 0.3 is 0 Å². The highest BCUT2D eigenvalue weighted by Crippen LogP contribution is 2.29. The van der Waals surface area contributed by atoms with E-state index in [1.807, 2.05) is 38.6 Å². The largest absolute Gasteiger partial charge is 0.341 e. The second-order valence-electron chi connectivity index (χ2n) is 6.29. The van der Waals surface area contributed by atoms with Crippen LogP contribution in [0.3, 0.4) is 0 Å². The molecule has 0 bridgehead atoms. The van der Waals surface area contributed by atoms with Crippen molar-refractivity contribution < 1.29 is 4.79 Å². The first-order valence-electron chi connectivity index (χ1n) is 7.83. The third kappa shape index (κ3) is 4.67. The zero-order valence-electron chi connectivity index (χ0n) is 14.1. The van der Waals surface area contributed by atoms with Gasteiger partial charge in [0.1, 0.15) is 0 Å². The number of hydrogen-bond donors (Lipinski definition) is 1. The van der Waals surface area contributed by atoms with E-state index in [1.54, 1.807) is 15.6 Å². The smallest absolute Gasteiger partial charge is 0.227 e. The number of nitrogens with zero attached hydrogens (tertiary/aromatic N) is 3. The molecule has 5 nitrogen and oxygen atoms in total. The summed E-state index contributed by atoms with van der Waals surface area (Å²) in [5.74, 6) is 0.176. The Kier molecular flexibility index (Phi) is 6.74. The number of amides is 1. The minimum atomic E-state index is -0.0890. The maximum absolute atomic E-state index is 12.9.